The molecular formula is C27H23F6N5O. The number of benzene rings is 2. The maximum atomic E-state index is 14.6. The molecule has 2 aromatic carbocycles. The largest absolute Gasteiger partial charge is 0.459 e. The maximum Gasteiger partial charge on any atom is 0.459 e. The van der Waals surface area contributed by atoms with Crippen LogP contribution >= 0.6 is 0 Å². The molecule has 3 heterocycles. The third-order valence-electron chi connectivity index (χ3n) is 6.61. The first-order chi connectivity index (χ1) is 18.4. The van der Waals surface area contributed by atoms with E-state index in [1.807, 2.05) is 25.1 Å². The van der Waals surface area contributed by atoms with Crippen LogP contribution in [-0.4, -0.2) is 62.7 Å². The molecule has 4 aromatic rings. The molecule has 1 fully saturated rings. The van der Waals surface area contributed by atoms with Gasteiger partial charge in [0.2, 0.25) is 0 Å². The summed E-state index contributed by atoms with van der Waals surface area (Å²) >= 11 is 0. The molecule has 2 aromatic heterocycles. The van der Waals surface area contributed by atoms with Crippen LogP contribution in [0.4, 0.5) is 26.3 Å². The number of hydrogen-bond acceptors (Lipinski definition) is 4. The van der Waals surface area contributed by atoms with Crippen molar-refractivity contribution in [3.05, 3.63) is 89.0 Å². The zero-order chi connectivity index (χ0) is 27.9. The van der Waals surface area contributed by atoms with E-state index in [9.17, 15) is 31.1 Å². The minimum absolute atomic E-state index is 0.122. The monoisotopic (exact) mass is 547 g/mol. The number of piperazine rings is 1. The highest BCUT2D eigenvalue weighted by Crippen LogP contribution is 2.44. The molecule has 0 saturated carbocycles. The summed E-state index contributed by atoms with van der Waals surface area (Å²) in [5, 5.41) is 3.82. The highest BCUT2D eigenvalue weighted by molar-refractivity contribution is 5.93. The summed E-state index contributed by atoms with van der Waals surface area (Å²) in [6.45, 7) is 4.47. The SMILES string of the molecule is Cc1cccc(CN2CCN(C(=O)c3cc4nc(-c5ccc(F)cc5)cc(C(F)(F)C(F)(F)F)n4n3)CC2)c1. The number of aromatic nitrogens is 3. The molecule has 1 aliphatic heterocycles. The highest BCUT2D eigenvalue weighted by Gasteiger charge is 2.60. The minimum Gasteiger partial charge on any atom is -0.335 e. The van der Waals surface area contributed by atoms with Crippen molar-refractivity contribution >= 4 is 11.6 Å². The Morgan fingerprint density at radius 2 is 1.62 bits per heavy atom. The lowest BCUT2D eigenvalue weighted by Gasteiger charge is -2.34. The zero-order valence-corrected chi connectivity index (χ0v) is 20.7. The quantitative estimate of drug-likeness (QED) is 0.312. The molecule has 0 unspecified atom stereocenters. The lowest BCUT2D eigenvalue weighted by molar-refractivity contribution is -0.291. The van der Waals surface area contributed by atoms with Gasteiger partial charge in [-0.15, -0.1) is 0 Å². The molecule has 204 valence electrons. The second-order valence-electron chi connectivity index (χ2n) is 9.46. The number of alkyl halides is 5. The van der Waals surface area contributed by atoms with Crippen molar-refractivity contribution in [3.8, 4) is 11.3 Å². The topological polar surface area (TPSA) is 53.7 Å². The van der Waals surface area contributed by atoms with Gasteiger partial charge in [-0.3, -0.25) is 9.69 Å². The van der Waals surface area contributed by atoms with E-state index in [1.165, 1.54) is 17.0 Å². The fourth-order valence-corrected chi connectivity index (χ4v) is 4.56. The number of aryl methyl sites for hydroxylation is 1. The van der Waals surface area contributed by atoms with E-state index in [0.29, 0.717) is 43.3 Å². The average molecular weight is 548 g/mol. The van der Waals surface area contributed by atoms with Gasteiger partial charge in [0.25, 0.3) is 5.91 Å². The van der Waals surface area contributed by atoms with Crippen LogP contribution in [-0.2, 0) is 12.5 Å². The predicted octanol–water partition coefficient (Wildman–Crippen LogP) is 5.46. The molecule has 39 heavy (non-hydrogen) atoms. The van der Waals surface area contributed by atoms with Gasteiger partial charge in [0.15, 0.2) is 11.3 Å². The van der Waals surface area contributed by atoms with E-state index in [4.69, 9.17) is 0 Å². The Labute approximate surface area is 219 Å². The molecule has 5 rings (SSSR count). The first-order valence-corrected chi connectivity index (χ1v) is 12.1. The van der Waals surface area contributed by atoms with Crippen LogP contribution in [0.25, 0.3) is 16.9 Å². The third kappa shape index (κ3) is 5.33. The van der Waals surface area contributed by atoms with Crippen molar-refractivity contribution < 1.29 is 31.1 Å². The Kier molecular flexibility index (Phi) is 6.83. The fourth-order valence-electron chi connectivity index (χ4n) is 4.56. The Balaban J connectivity index is 1.43. The smallest absolute Gasteiger partial charge is 0.335 e. The van der Waals surface area contributed by atoms with Crippen LogP contribution in [0.3, 0.4) is 0 Å². The first-order valence-electron chi connectivity index (χ1n) is 12.1. The normalized spacial score (nSPS) is 15.2. The number of amides is 1. The summed E-state index contributed by atoms with van der Waals surface area (Å²) in [7, 11) is 0. The number of fused-ring (bicyclic) bond motifs is 1. The summed E-state index contributed by atoms with van der Waals surface area (Å²) < 4.78 is 83.0. The Morgan fingerprint density at radius 3 is 2.26 bits per heavy atom. The molecule has 0 aliphatic carbocycles. The molecule has 0 radical (unpaired) electrons. The van der Waals surface area contributed by atoms with Crippen LogP contribution < -0.4 is 0 Å². The van der Waals surface area contributed by atoms with Gasteiger partial charge in [-0.1, -0.05) is 29.8 Å². The number of nitrogens with zero attached hydrogens (tertiary/aromatic N) is 5. The second kappa shape index (κ2) is 9.99. The van der Waals surface area contributed by atoms with Gasteiger partial charge in [0.1, 0.15) is 11.5 Å². The minimum atomic E-state index is -5.93. The molecular weight excluding hydrogens is 524 g/mol. The maximum absolute atomic E-state index is 14.6. The van der Waals surface area contributed by atoms with E-state index in [-0.39, 0.29) is 22.6 Å². The van der Waals surface area contributed by atoms with Crippen LogP contribution in [0.5, 0.6) is 0 Å². The Morgan fingerprint density at radius 1 is 0.923 bits per heavy atom. The van der Waals surface area contributed by atoms with Crippen LogP contribution in [0.1, 0.15) is 27.3 Å². The van der Waals surface area contributed by atoms with Crippen LogP contribution in [0, 0.1) is 12.7 Å². The molecule has 0 spiro atoms. The van der Waals surface area contributed by atoms with Crippen LogP contribution in [0.2, 0.25) is 0 Å². The fraction of sp³-hybridized carbons (Fsp3) is 0.296. The Bertz CT molecular complexity index is 1510. The molecule has 12 heteroatoms. The number of carbonyl (C=O) groups is 1. The van der Waals surface area contributed by atoms with Crippen molar-refractivity contribution in [1.82, 2.24) is 24.4 Å². The van der Waals surface area contributed by atoms with Gasteiger partial charge in [0.05, 0.1) is 5.69 Å². The van der Waals surface area contributed by atoms with Crippen molar-refractivity contribution in [2.75, 3.05) is 26.2 Å². The summed E-state index contributed by atoms with van der Waals surface area (Å²) in [5.41, 5.74) is -0.0122. The number of rotatable bonds is 5. The van der Waals surface area contributed by atoms with Crippen molar-refractivity contribution in [2.45, 2.75) is 25.6 Å². The third-order valence-corrected chi connectivity index (χ3v) is 6.61. The lowest BCUT2D eigenvalue weighted by atomic mass is 10.1. The van der Waals surface area contributed by atoms with E-state index < -0.39 is 29.5 Å². The predicted molar refractivity (Wildman–Crippen MR) is 131 cm³/mol. The molecule has 6 nitrogen and oxygen atoms in total. The van der Waals surface area contributed by atoms with E-state index in [2.05, 4.69) is 21.0 Å². The molecule has 0 bridgehead atoms. The van der Waals surface area contributed by atoms with Crippen molar-refractivity contribution in [3.63, 3.8) is 0 Å². The number of carbonyl (C=O) groups excluding carboxylic acids is 1. The number of halogens is 6. The van der Waals surface area contributed by atoms with Gasteiger partial charge >= 0.3 is 12.1 Å². The standard InChI is InChI=1S/C27H23F6N5O/c1-17-3-2-4-18(13-17)16-36-9-11-37(12-10-36)25(39)22-15-24-34-21(19-5-7-20(28)8-6-19)14-23(38(24)35-22)26(29,30)27(31,32)33/h2-8,13-15H,9-12,16H2,1H3. The second-order valence-corrected chi connectivity index (χ2v) is 9.46. The Hall–Kier alpha value is -3.93. The summed E-state index contributed by atoms with van der Waals surface area (Å²) in [4.78, 5) is 21.0. The summed E-state index contributed by atoms with van der Waals surface area (Å²) in [5.74, 6) is -6.51. The molecule has 1 saturated heterocycles. The van der Waals surface area contributed by atoms with Crippen LogP contribution in [0.15, 0.2) is 60.7 Å². The van der Waals surface area contributed by atoms with Crippen molar-refractivity contribution in [1.29, 1.82) is 0 Å². The summed E-state index contributed by atoms with van der Waals surface area (Å²) in [6.07, 6.45) is -5.93. The van der Waals surface area contributed by atoms with Gasteiger partial charge in [-0.05, 0) is 42.8 Å². The van der Waals surface area contributed by atoms with Gasteiger partial charge in [-0.2, -0.15) is 27.1 Å². The van der Waals surface area contributed by atoms with E-state index in [0.717, 1.165) is 29.3 Å². The van der Waals surface area contributed by atoms with E-state index in [1.54, 1.807) is 0 Å². The van der Waals surface area contributed by atoms with Crippen molar-refractivity contribution in [2.24, 2.45) is 0 Å². The van der Waals surface area contributed by atoms with E-state index >= 15 is 0 Å². The first kappa shape index (κ1) is 26.7. The molecule has 0 atom stereocenters. The number of hydrogen-bond donors (Lipinski definition) is 0. The summed E-state index contributed by atoms with van der Waals surface area (Å²) in [6, 6.07) is 14.2. The molecule has 1 amide bonds. The zero-order valence-electron chi connectivity index (χ0n) is 20.7. The highest BCUT2D eigenvalue weighted by atomic mass is 19.4. The van der Waals surface area contributed by atoms with Gasteiger partial charge < -0.3 is 4.90 Å². The van der Waals surface area contributed by atoms with Gasteiger partial charge in [0, 0.05) is 44.4 Å². The molecule has 0 N–H and O–H groups in total. The average Bonchev–Trinajstić information content (AvgIpc) is 3.32. The molecule has 1 aliphatic rings. The van der Waals surface area contributed by atoms with Gasteiger partial charge in [-0.25, -0.2) is 13.9 Å². The lowest BCUT2D eigenvalue weighted by Crippen LogP contribution is -2.48.